The van der Waals surface area contributed by atoms with Gasteiger partial charge in [0, 0.05) is 6.42 Å². The topological polar surface area (TPSA) is 124 Å². The van der Waals surface area contributed by atoms with Gasteiger partial charge in [-0.15, -0.1) is 0 Å². The Balaban J connectivity index is 2.70. The van der Waals surface area contributed by atoms with Crippen molar-refractivity contribution in [2.75, 3.05) is 0 Å². The van der Waals surface area contributed by atoms with E-state index in [4.69, 9.17) is 5.11 Å². The number of ketones is 1. The Hall–Kier alpha value is -2.93. The van der Waals surface area contributed by atoms with E-state index in [1.807, 2.05) is 45.1 Å². The van der Waals surface area contributed by atoms with E-state index in [1.54, 1.807) is 6.08 Å². The second-order valence-electron chi connectivity index (χ2n) is 8.67. The molecule has 7 nitrogen and oxygen atoms in total. The number of Topliss-reactive ketones (excluding diaryl/α,β-unsaturated/α-hetero) is 1. The molecule has 176 valence electrons. The zero-order chi connectivity index (χ0) is 24.5. The van der Waals surface area contributed by atoms with Crippen molar-refractivity contribution in [3.05, 3.63) is 59.4 Å². The highest BCUT2D eigenvalue weighted by molar-refractivity contribution is 6.27. The molecule has 0 radical (unpaired) electrons. The van der Waals surface area contributed by atoms with Crippen molar-refractivity contribution in [2.45, 2.75) is 65.5 Å². The van der Waals surface area contributed by atoms with E-state index in [0.29, 0.717) is 5.92 Å². The maximum absolute atomic E-state index is 12.5. The molecular weight excluding hydrogens is 410 g/mol. The summed E-state index contributed by atoms with van der Waals surface area (Å²) >= 11 is 0. The number of hydrogen-bond donors (Lipinski definition) is 4. The second-order valence-corrected chi connectivity index (χ2v) is 8.67. The lowest BCUT2D eigenvalue weighted by molar-refractivity contribution is -0.158. The highest BCUT2D eigenvalue weighted by atomic mass is 16.4. The zero-order valence-electron chi connectivity index (χ0n) is 19.5. The molecule has 0 aromatic heterocycles. The summed E-state index contributed by atoms with van der Waals surface area (Å²) in [4.78, 5) is 35.6. The van der Waals surface area contributed by atoms with Crippen LogP contribution in [-0.4, -0.2) is 44.6 Å². The van der Waals surface area contributed by atoms with Gasteiger partial charge in [0.25, 0.3) is 5.91 Å². The summed E-state index contributed by atoms with van der Waals surface area (Å²) in [7, 11) is 0. The Kier molecular flexibility index (Phi) is 10.3. The number of aliphatic hydroxyl groups excluding tert-OH is 1. The average molecular weight is 446 g/mol. The van der Waals surface area contributed by atoms with Crippen molar-refractivity contribution >= 4 is 17.7 Å². The molecule has 0 spiro atoms. The number of aliphatic carboxylic acids is 1. The van der Waals surface area contributed by atoms with Gasteiger partial charge in [-0.05, 0) is 51.5 Å². The van der Waals surface area contributed by atoms with E-state index >= 15 is 0 Å². The second kappa shape index (κ2) is 12.2. The van der Waals surface area contributed by atoms with E-state index < -0.39 is 47.1 Å². The first kappa shape index (κ1) is 27.1. The standard InChI is InChI=1S/C25H35NO6/c1-6-16(2)10-8-7-9-11-17(3)14-18(4)12-13-20(27)21-22(28)19(26-23(21)29)15-25(5,32)24(30)31/h6-10,12-13,17-19,27,32H,11,14-15H2,1-5H3,(H,26,29)(H,30,31)/b9-7+,10-8+,13-12+,16-6+,21-20?/t17-,18+,19+,25-/m1/s1. The largest absolute Gasteiger partial charge is 0.507 e. The van der Waals surface area contributed by atoms with Crippen LogP contribution in [0, 0.1) is 11.8 Å². The number of carbonyl (C=O) groups excluding carboxylic acids is 2. The quantitative estimate of drug-likeness (QED) is 0.166. The van der Waals surface area contributed by atoms with Crippen molar-refractivity contribution in [3.8, 4) is 0 Å². The molecule has 7 heteroatoms. The van der Waals surface area contributed by atoms with Crippen LogP contribution in [-0.2, 0) is 14.4 Å². The molecule has 0 aromatic carbocycles. The summed E-state index contributed by atoms with van der Waals surface area (Å²) in [5, 5.41) is 31.5. The fourth-order valence-corrected chi connectivity index (χ4v) is 3.29. The number of amides is 1. The Morgan fingerprint density at radius 2 is 1.84 bits per heavy atom. The van der Waals surface area contributed by atoms with Gasteiger partial charge in [-0.1, -0.05) is 55.9 Å². The van der Waals surface area contributed by atoms with Crippen LogP contribution in [0.3, 0.4) is 0 Å². The van der Waals surface area contributed by atoms with Gasteiger partial charge in [-0.2, -0.15) is 0 Å². The lowest BCUT2D eigenvalue weighted by atomic mass is 9.93. The molecule has 0 aliphatic carbocycles. The minimum Gasteiger partial charge on any atom is -0.507 e. The van der Waals surface area contributed by atoms with Crippen molar-refractivity contribution in [3.63, 3.8) is 0 Å². The van der Waals surface area contributed by atoms with Gasteiger partial charge in [0.05, 0.1) is 6.04 Å². The predicted octanol–water partition coefficient (Wildman–Crippen LogP) is 3.78. The van der Waals surface area contributed by atoms with E-state index in [2.05, 4.69) is 18.3 Å². The summed E-state index contributed by atoms with van der Waals surface area (Å²) in [6.07, 6.45) is 14.5. The van der Waals surface area contributed by atoms with E-state index in [0.717, 1.165) is 19.8 Å². The molecule has 1 rings (SSSR count). The van der Waals surface area contributed by atoms with E-state index in [-0.39, 0.29) is 5.92 Å². The first-order chi connectivity index (χ1) is 14.9. The lowest BCUT2D eigenvalue weighted by Crippen LogP contribution is -2.43. The molecular formula is C25H35NO6. The van der Waals surface area contributed by atoms with Crippen LogP contribution >= 0.6 is 0 Å². The molecule has 32 heavy (non-hydrogen) atoms. The molecule has 1 fully saturated rings. The van der Waals surface area contributed by atoms with Crippen molar-refractivity contribution in [2.24, 2.45) is 11.8 Å². The van der Waals surface area contributed by atoms with Gasteiger partial charge in [0.15, 0.2) is 11.4 Å². The summed E-state index contributed by atoms with van der Waals surface area (Å²) in [5.41, 5.74) is -1.39. The molecule has 1 heterocycles. The summed E-state index contributed by atoms with van der Waals surface area (Å²) in [6.45, 7) is 9.18. The lowest BCUT2D eigenvalue weighted by Gasteiger charge is -2.20. The molecule has 4 atom stereocenters. The maximum atomic E-state index is 12.5. The Morgan fingerprint density at radius 1 is 1.19 bits per heavy atom. The molecule has 0 bridgehead atoms. The van der Waals surface area contributed by atoms with Gasteiger partial charge >= 0.3 is 5.97 Å². The number of nitrogens with one attached hydrogen (secondary N) is 1. The van der Waals surface area contributed by atoms with Crippen LogP contribution < -0.4 is 5.32 Å². The number of carbonyl (C=O) groups is 3. The number of rotatable bonds is 11. The van der Waals surface area contributed by atoms with Crippen molar-refractivity contribution < 1.29 is 29.7 Å². The van der Waals surface area contributed by atoms with Gasteiger partial charge in [-0.25, -0.2) is 4.79 Å². The molecule has 0 saturated carbocycles. The normalized spacial score (nSPS) is 23.1. The van der Waals surface area contributed by atoms with Crippen LogP contribution in [0.2, 0.25) is 0 Å². The van der Waals surface area contributed by atoms with Gasteiger partial charge in [-0.3, -0.25) is 9.59 Å². The Labute approximate surface area is 189 Å². The van der Waals surface area contributed by atoms with Crippen molar-refractivity contribution in [1.29, 1.82) is 0 Å². The fourth-order valence-electron chi connectivity index (χ4n) is 3.29. The first-order valence-corrected chi connectivity index (χ1v) is 10.8. The minimum absolute atomic E-state index is 0.102. The molecule has 1 aliphatic heterocycles. The van der Waals surface area contributed by atoms with Crippen LogP contribution in [0.1, 0.15) is 53.9 Å². The molecule has 0 unspecified atom stereocenters. The number of carboxylic acid groups (broad SMARTS) is 1. The highest BCUT2D eigenvalue weighted by Crippen LogP contribution is 2.23. The maximum Gasteiger partial charge on any atom is 0.335 e. The van der Waals surface area contributed by atoms with Gasteiger partial charge in [0.2, 0.25) is 0 Å². The van der Waals surface area contributed by atoms with Crippen LogP contribution in [0.4, 0.5) is 0 Å². The third-order valence-corrected chi connectivity index (χ3v) is 5.37. The van der Waals surface area contributed by atoms with E-state index in [1.165, 1.54) is 11.6 Å². The van der Waals surface area contributed by atoms with Crippen LogP contribution in [0.5, 0.6) is 0 Å². The highest BCUT2D eigenvalue weighted by Gasteiger charge is 2.43. The van der Waals surface area contributed by atoms with Crippen LogP contribution in [0.25, 0.3) is 0 Å². The Morgan fingerprint density at radius 3 is 2.44 bits per heavy atom. The fraction of sp³-hybridized carbons (Fsp3) is 0.480. The number of aliphatic hydroxyl groups is 2. The Bertz CT molecular complexity index is 860. The SMILES string of the molecule is C/C=C(C)/C=C/C=C/C[C@@H](C)C[C@@H](C)/C=C/C(O)=C1C(=O)N[C@@H](C[C@@](C)(O)C(=O)O)C1=O. The average Bonchev–Trinajstić information content (AvgIpc) is 2.97. The molecule has 1 amide bonds. The molecule has 1 saturated heterocycles. The van der Waals surface area contributed by atoms with Gasteiger partial charge < -0.3 is 20.6 Å². The third-order valence-electron chi connectivity index (χ3n) is 5.37. The zero-order valence-corrected chi connectivity index (χ0v) is 19.5. The third kappa shape index (κ3) is 8.30. The van der Waals surface area contributed by atoms with Gasteiger partial charge in [0.1, 0.15) is 11.3 Å². The van der Waals surface area contributed by atoms with E-state index in [9.17, 15) is 24.6 Å². The van der Waals surface area contributed by atoms with Crippen molar-refractivity contribution in [1.82, 2.24) is 5.32 Å². The first-order valence-electron chi connectivity index (χ1n) is 10.8. The monoisotopic (exact) mass is 445 g/mol. The van der Waals surface area contributed by atoms with Crippen LogP contribution in [0.15, 0.2) is 59.4 Å². The molecule has 1 aliphatic rings. The smallest absolute Gasteiger partial charge is 0.335 e. The summed E-state index contributed by atoms with van der Waals surface area (Å²) < 4.78 is 0. The number of allylic oxidation sites excluding steroid dienone is 8. The minimum atomic E-state index is -2.17. The number of hydrogen-bond acceptors (Lipinski definition) is 5. The summed E-state index contributed by atoms with van der Waals surface area (Å²) in [5.74, 6) is -2.97. The molecule has 0 aromatic rings. The predicted molar refractivity (Wildman–Crippen MR) is 124 cm³/mol. The summed E-state index contributed by atoms with van der Waals surface area (Å²) in [6, 6.07) is -1.20. The number of carboxylic acids is 1. The molecule has 4 N–H and O–H groups in total.